The SMILES string of the molecule is CC(C)CCC[C@@H](C)[C@@H]1CC[C@@H]2[C@H]3CC[C@H]4C[C@@H](O)CCC[C@]4(C)[C@@H]3CC[C@@]21C. The van der Waals surface area contributed by atoms with Gasteiger partial charge in [-0.3, -0.25) is 0 Å². The van der Waals surface area contributed by atoms with Gasteiger partial charge in [-0.05, 0) is 110 Å². The Hall–Kier alpha value is -0.0400. The predicted molar refractivity (Wildman–Crippen MR) is 124 cm³/mol. The monoisotopic (exact) mass is 402 g/mol. The van der Waals surface area contributed by atoms with Crippen molar-refractivity contribution in [2.75, 3.05) is 0 Å². The molecule has 0 bridgehead atoms. The molecule has 0 spiro atoms. The smallest absolute Gasteiger partial charge is 0.0543 e. The number of hydrogen-bond acceptors (Lipinski definition) is 1. The van der Waals surface area contributed by atoms with E-state index < -0.39 is 0 Å². The van der Waals surface area contributed by atoms with Crippen molar-refractivity contribution in [1.29, 1.82) is 0 Å². The van der Waals surface area contributed by atoms with Crippen LogP contribution in [0.15, 0.2) is 0 Å². The average Bonchev–Trinajstić information content (AvgIpc) is 2.92. The minimum Gasteiger partial charge on any atom is -0.393 e. The Morgan fingerprint density at radius 2 is 1.59 bits per heavy atom. The first-order chi connectivity index (χ1) is 13.8. The zero-order chi connectivity index (χ0) is 20.8. The van der Waals surface area contributed by atoms with E-state index in [1.165, 1.54) is 70.6 Å². The van der Waals surface area contributed by atoms with Crippen molar-refractivity contribution in [2.45, 2.75) is 124 Å². The van der Waals surface area contributed by atoms with Crippen LogP contribution in [0.1, 0.15) is 118 Å². The Morgan fingerprint density at radius 3 is 2.34 bits per heavy atom. The van der Waals surface area contributed by atoms with Gasteiger partial charge < -0.3 is 5.11 Å². The molecular weight excluding hydrogens is 352 g/mol. The van der Waals surface area contributed by atoms with E-state index in [0.29, 0.717) is 10.8 Å². The quantitative estimate of drug-likeness (QED) is 0.496. The van der Waals surface area contributed by atoms with Gasteiger partial charge in [0.25, 0.3) is 0 Å². The van der Waals surface area contributed by atoms with Crippen LogP contribution in [0.3, 0.4) is 0 Å². The summed E-state index contributed by atoms with van der Waals surface area (Å²) >= 11 is 0. The molecule has 4 rings (SSSR count). The lowest BCUT2D eigenvalue weighted by Crippen LogP contribution is -2.52. The van der Waals surface area contributed by atoms with Crippen molar-refractivity contribution in [3.63, 3.8) is 0 Å². The van der Waals surface area contributed by atoms with Gasteiger partial charge in [0.1, 0.15) is 0 Å². The highest BCUT2D eigenvalue weighted by Crippen LogP contribution is 2.68. The summed E-state index contributed by atoms with van der Waals surface area (Å²) in [6.45, 7) is 12.7. The van der Waals surface area contributed by atoms with E-state index in [1.807, 2.05) is 0 Å². The van der Waals surface area contributed by atoms with E-state index in [4.69, 9.17) is 0 Å². The maximum Gasteiger partial charge on any atom is 0.0543 e. The molecule has 0 saturated heterocycles. The van der Waals surface area contributed by atoms with E-state index in [0.717, 1.165) is 54.3 Å². The molecule has 0 radical (unpaired) electrons. The highest BCUT2D eigenvalue weighted by molar-refractivity contribution is 5.09. The average molecular weight is 403 g/mol. The lowest BCUT2D eigenvalue weighted by molar-refractivity contribution is -0.106. The van der Waals surface area contributed by atoms with Gasteiger partial charge in [0.05, 0.1) is 6.10 Å². The van der Waals surface area contributed by atoms with Crippen LogP contribution in [0.4, 0.5) is 0 Å². The van der Waals surface area contributed by atoms with Gasteiger partial charge in [0.2, 0.25) is 0 Å². The molecule has 0 aromatic carbocycles. The highest BCUT2D eigenvalue weighted by atomic mass is 16.3. The predicted octanol–water partition coefficient (Wildman–Crippen LogP) is 7.86. The van der Waals surface area contributed by atoms with Gasteiger partial charge in [-0.2, -0.15) is 0 Å². The first-order valence-electron chi connectivity index (χ1n) is 13.4. The molecule has 0 aliphatic heterocycles. The third-order valence-electron chi connectivity index (χ3n) is 11.1. The summed E-state index contributed by atoms with van der Waals surface area (Å²) in [5, 5.41) is 10.4. The third kappa shape index (κ3) is 3.96. The maximum absolute atomic E-state index is 10.4. The van der Waals surface area contributed by atoms with Crippen molar-refractivity contribution in [2.24, 2.45) is 52.3 Å². The van der Waals surface area contributed by atoms with Crippen LogP contribution >= 0.6 is 0 Å². The normalized spacial score (nSPS) is 48.5. The van der Waals surface area contributed by atoms with Gasteiger partial charge >= 0.3 is 0 Å². The standard InChI is InChI=1S/C28H50O/c1-19(2)8-6-9-20(3)24-13-14-25-23-12-11-21-18-22(29)10-7-16-27(21,4)26(23)15-17-28(24,25)5/h19-26,29H,6-18H2,1-5H3/t20-,21+,22+,23-,24+,25-,26-,27+,28-/m1/s1. The Labute approximate surface area is 181 Å². The zero-order valence-corrected chi connectivity index (χ0v) is 20.3. The van der Waals surface area contributed by atoms with E-state index in [-0.39, 0.29) is 6.10 Å². The third-order valence-corrected chi connectivity index (χ3v) is 11.1. The second kappa shape index (κ2) is 8.48. The molecule has 4 aliphatic rings. The molecule has 1 N–H and O–H groups in total. The lowest BCUT2D eigenvalue weighted by Gasteiger charge is -2.59. The molecule has 1 nitrogen and oxygen atoms in total. The summed E-state index contributed by atoms with van der Waals surface area (Å²) in [6, 6.07) is 0. The first-order valence-corrected chi connectivity index (χ1v) is 13.4. The minimum atomic E-state index is -0.0187. The number of aliphatic hydroxyl groups is 1. The molecule has 0 amide bonds. The van der Waals surface area contributed by atoms with Crippen molar-refractivity contribution >= 4 is 0 Å². The molecule has 0 heterocycles. The van der Waals surface area contributed by atoms with Gasteiger partial charge in [-0.1, -0.05) is 60.3 Å². The molecule has 4 fully saturated rings. The Kier molecular flexibility index (Phi) is 6.48. The second-order valence-corrected chi connectivity index (χ2v) is 13.0. The summed E-state index contributed by atoms with van der Waals surface area (Å²) in [5.41, 5.74) is 1.13. The molecule has 0 unspecified atom stereocenters. The van der Waals surface area contributed by atoms with E-state index >= 15 is 0 Å². The van der Waals surface area contributed by atoms with Crippen molar-refractivity contribution < 1.29 is 5.11 Å². The molecule has 0 aromatic rings. The van der Waals surface area contributed by atoms with Crippen LogP contribution in [-0.4, -0.2) is 11.2 Å². The first kappa shape index (κ1) is 22.2. The topological polar surface area (TPSA) is 20.2 Å². The van der Waals surface area contributed by atoms with Crippen LogP contribution < -0.4 is 0 Å². The van der Waals surface area contributed by atoms with Gasteiger partial charge in [-0.15, -0.1) is 0 Å². The molecular formula is C28H50O. The van der Waals surface area contributed by atoms with Gasteiger partial charge in [0, 0.05) is 0 Å². The summed E-state index contributed by atoms with van der Waals surface area (Å²) in [4.78, 5) is 0. The summed E-state index contributed by atoms with van der Waals surface area (Å²) in [7, 11) is 0. The number of fused-ring (bicyclic) bond motifs is 5. The number of rotatable bonds is 5. The fraction of sp³-hybridized carbons (Fsp3) is 1.00. The second-order valence-electron chi connectivity index (χ2n) is 13.0. The Morgan fingerprint density at radius 1 is 0.828 bits per heavy atom. The van der Waals surface area contributed by atoms with Crippen LogP contribution in [0.2, 0.25) is 0 Å². The van der Waals surface area contributed by atoms with E-state index in [2.05, 4.69) is 34.6 Å². The van der Waals surface area contributed by atoms with Crippen LogP contribution in [0.5, 0.6) is 0 Å². The van der Waals surface area contributed by atoms with Crippen LogP contribution in [-0.2, 0) is 0 Å². The molecule has 9 atom stereocenters. The molecule has 4 aliphatic carbocycles. The number of hydrogen-bond donors (Lipinski definition) is 1. The maximum atomic E-state index is 10.4. The lowest BCUT2D eigenvalue weighted by atomic mass is 9.46. The fourth-order valence-corrected chi connectivity index (χ4v) is 9.50. The molecule has 1 heteroatoms. The van der Waals surface area contributed by atoms with Crippen LogP contribution in [0.25, 0.3) is 0 Å². The minimum absolute atomic E-state index is 0.0187. The van der Waals surface area contributed by atoms with Crippen LogP contribution in [0, 0.1) is 52.3 Å². The largest absolute Gasteiger partial charge is 0.393 e. The van der Waals surface area contributed by atoms with Crippen molar-refractivity contribution in [3.8, 4) is 0 Å². The zero-order valence-electron chi connectivity index (χ0n) is 20.3. The molecule has 0 aromatic heterocycles. The number of aliphatic hydroxyl groups excluding tert-OH is 1. The van der Waals surface area contributed by atoms with E-state index in [1.54, 1.807) is 0 Å². The van der Waals surface area contributed by atoms with E-state index in [9.17, 15) is 5.11 Å². The summed E-state index contributed by atoms with van der Waals surface area (Å²) < 4.78 is 0. The Balaban J connectivity index is 1.47. The molecule has 29 heavy (non-hydrogen) atoms. The van der Waals surface area contributed by atoms with Crippen molar-refractivity contribution in [3.05, 3.63) is 0 Å². The fourth-order valence-electron chi connectivity index (χ4n) is 9.50. The molecule has 4 saturated carbocycles. The summed E-state index contributed by atoms with van der Waals surface area (Å²) in [6.07, 6.45) is 17.9. The Bertz CT molecular complexity index is 555. The van der Waals surface area contributed by atoms with Gasteiger partial charge in [0.15, 0.2) is 0 Å². The highest BCUT2D eigenvalue weighted by Gasteiger charge is 2.60. The summed E-state index contributed by atoms with van der Waals surface area (Å²) in [5.74, 6) is 6.46. The van der Waals surface area contributed by atoms with Gasteiger partial charge in [-0.25, -0.2) is 0 Å². The van der Waals surface area contributed by atoms with Crippen molar-refractivity contribution in [1.82, 2.24) is 0 Å². The molecule has 168 valence electrons.